The van der Waals surface area contributed by atoms with Crippen LogP contribution in [0.25, 0.3) is 11.1 Å². The summed E-state index contributed by atoms with van der Waals surface area (Å²) >= 11 is 0. The van der Waals surface area contributed by atoms with E-state index < -0.39 is 0 Å². The Kier molecular flexibility index (Phi) is 4.26. The molecule has 2 rings (SSSR count). The largest absolute Gasteiger partial charge is 0.508 e. The highest BCUT2D eigenvalue weighted by Gasteiger charge is 2.09. The van der Waals surface area contributed by atoms with Crippen LogP contribution in [-0.4, -0.2) is 5.11 Å². The Morgan fingerprint density at radius 1 is 0.737 bits per heavy atom. The molecule has 0 saturated heterocycles. The zero-order valence-electron chi connectivity index (χ0n) is 12.0. The van der Waals surface area contributed by atoms with Gasteiger partial charge in [0.2, 0.25) is 0 Å². The van der Waals surface area contributed by atoms with Gasteiger partial charge in [-0.05, 0) is 59.2 Å². The molecule has 0 aliphatic rings. The highest BCUT2D eigenvalue weighted by Crippen LogP contribution is 2.31. The SMILES string of the molecule is CCc1ccc(-c2ccc(O)cc2CC)c(CC)c1. The second-order valence-corrected chi connectivity index (χ2v) is 4.89. The summed E-state index contributed by atoms with van der Waals surface area (Å²) in [5.74, 6) is 0.351. The molecule has 2 aromatic carbocycles. The molecule has 0 fully saturated rings. The van der Waals surface area contributed by atoms with Crippen LogP contribution in [0.1, 0.15) is 37.5 Å². The molecule has 0 bridgehead atoms. The Labute approximate surface area is 115 Å². The lowest BCUT2D eigenvalue weighted by atomic mass is 9.91. The topological polar surface area (TPSA) is 20.2 Å². The van der Waals surface area contributed by atoms with Crippen LogP contribution in [0.5, 0.6) is 5.75 Å². The van der Waals surface area contributed by atoms with Crippen molar-refractivity contribution in [2.24, 2.45) is 0 Å². The van der Waals surface area contributed by atoms with E-state index in [9.17, 15) is 5.11 Å². The summed E-state index contributed by atoms with van der Waals surface area (Å²) in [5.41, 5.74) is 6.53. The molecule has 19 heavy (non-hydrogen) atoms. The fourth-order valence-electron chi connectivity index (χ4n) is 2.56. The number of phenols is 1. The molecule has 0 aliphatic heterocycles. The fourth-order valence-corrected chi connectivity index (χ4v) is 2.56. The van der Waals surface area contributed by atoms with Crippen molar-refractivity contribution in [1.29, 1.82) is 0 Å². The Morgan fingerprint density at radius 3 is 1.89 bits per heavy atom. The second kappa shape index (κ2) is 5.92. The van der Waals surface area contributed by atoms with Gasteiger partial charge in [0.1, 0.15) is 5.75 Å². The summed E-state index contributed by atoms with van der Waals surface area (Å²) in [4.78, 5) is 0. The van der Waals surface area contributed by atoms with Gasteiger partial charge in [0, 0.05) is 0 Å². The molecule has 1 N–H and O–H groups in total. The maximum absolute atomic E-state index is 9.62. The van der Waals surface area contributed by atoms with Crippen LogP contribution in [0.4, 0.5) is 0 Å². The first-order valence-electron chi connectivity index (χ1n) is 7.13. The highest BCUT2D eigenvalue weighted by molar-refractivity contribution is 5.72. The molecule has 2 aromatic rings. The number of rotatable bonds is 4. The van der Waals surface area contributed by atoms with Crippen molar-refractivity contribution in [3.63, 3.8) is 0 Å². The average Bonchev–Trinajstić information content (AvgIpc) is 2.46. The minimum Gasteiger partial charge on any atom is -0.508 e. The van der Waals surface area contributed by atoms with E-state index in [0.717, 1.165) is 19.3 Å². The molecule has 0 amide bonds. The summed E-state index contributed by atoms with van der Waals surface area (Å²) in [6, 6.07) is 12.4. The quantitative estimate of drug-likeness (QED) is 0.835. The zero-order chi connectivity index (χ0) is 13.8. The molecule has 0 radical (unpaired) electrons. The molecule has 0 aromatic heterocycles. The molecule has 0 saturated carbocycles. The lowest BCUT2D eigenvalue weighted by molar-refractivity contribution is 0.474. The smallest absolute Gasteiger partial charge is 0.115 e. The van der Waals surface area contributed by atoms with Crippen LogP contribution in [0, 0.1) is 0 Å². The first kappa shape index (κ1) is 13.7. The van der Waals surface area contributed by atoms with E-state index in [1.165, 1.54) is 27.8 Å². The Balaban J connectivity index is 2.58. The molecule has 100 valence electrons. The number of aryl methyl sites for hydroxylation is 3. The molecule has 1 nitrogen and oxygen atoms in total. The monoisotopic (exact) mass is 254 g/mol. The van der Waals surface area contributed by atoms with Gasteiger partial charge in [0.25, 0.3) is 0 Å². The van der Waals surface area contributed by atoms with E-state index in [4.69, 9.17) is 0 Å². The maximum atomic E-state index is 9.62. The summed E-state index contributed by atoms with van der Waals surface area (Å²) in [5, 5.41) is 9.62. The minimum absolute atomic E-state index is 0.351. The van der Waals surface area contributed by atoms with E-state index >= 15 is 0 Å². The molecule has 1 heteroatoms. The summed E-state index contributed by atoms with van der Waals surface area (Å²) in [6.45, 7) is 6.51. The average molecular weight is 254 g/mol. The van der Waals surface area contributed by atoms with Crippen LogP contribution in [0.2, 0.25) is 0 Å². The molecule has 0 atom stereocenters. The highest BCUT2D eigenvalue weighted by atomic mass is 16.3. The van der Waals surface area contributed by atoms with E-state index in [2.05, 4.69) is 39.0 Å². The van der Waals surface area contributed by atoms with Crippen molar-refractivity contribution in [1.82, 2.24) is 0 Å². The standard InChI is InChI=1S/C18H22O/c1-4-13-7-9-17(14(5-2)11-13)18-10-8-16(19)12-15(18)6-3/h7-12,19H,4-6H2,1-3H3. The van der Waals surface area contributed by atoms with Crippen molar-refractivity contribution in [3.8, 4) is 16.9 Å². The van der Waals surface area contributed by atoms with Crippen molar-refractivity contribution < 1.29 is 5.11 Å². The van der Waals surface area contributed by atoms with Crippen LogP contribution in [0.3, 0.4) is 0 Å². The van der Waals surface area contributed by atoms with Gasteiger partial charge in [-0.3, -0.25) is 0 Å². The first-order chi connectivity index (χ1) is 9.19. The van der Waals surface area contributed by atoms with Crippen molar-refractivity contribution >= 4 is 0 Å². The van der Waals surface area contributed by atoms with Gasteiger partial charge >= 0.3 is 0 Å². The molecule has 0 aliphatic carbocycles. The van der Waals surface area contributed by atoms with Crippen LogP contribution in [0.15, 0.2) is 36.4 Å². The summed E-state index contributed by atoms with van der Waals surface area (Å²) in [6.07, 6.45) is 3.04. The summed E-state index contributed by atoms with van der Waals surface area (Å²) < 4.78 is 0. The third-order valence-electron chi connectivity index (χ3n) is 3.72. The van der Waals surface area contributed by atoms with E-state index in [-0.39, 0.29) is 0 Å². The number of aromatic hydroxyl groups is 1. The molecule has 0 unspecified atom stereocenters. The fraction of sp³-hybridized carbons (Fsp3) is 0.333. The molecular formula is C18H22O. The maximum Gasteiger partial charge on any atom is 0.115 e. The van der Waals surface area contributed by atoms with Gasteiger partial charge in [0.15, 0.2) is 0 Å². The van der Waals surface area contributed by atoms with Gasteiger partial charge in [-0.2, -0.15) is 0 Å². The third-order valence-corrected chi connectivity index (χ3v) is 3.72. The van der Waals surface area contributed by atoms with Gasteiger partial charge in [-0.1, -0.05) is 45.0 Å². The molecular weight excluding hydrogens is 232 g/mol. The Morgan fingerprint density at radius 2 is 1.32 bits per heavy atom. The number of benzene rings is 2. The van der Waals surface area contributed by atoms with Crippen LogP contribution < -0.4 is 0 Å². The second-order valence-electron chi connectivity index (χ2n) is 4.89. The Bertz CT molecular complexity index is 570. The number of hydrogen-bond acceptors (Lipinski definition) is 1. The lowest BCUT2D eigenvalue weighted by Gasteiger charge is -2.14. The molecule has 0 heterocycles. The van der Waals surface area contributed by atoms with E-state index in [1.54, 1.807) is 6.07 Å². The number of phenolic OH excluding ortho intramolecular Hbond substituents is 1. The lowest BCUT2D eigenvalue weighted by Crippen LogP contribution is -1.94. The first-order valence-corrected chi connectivity index (χ1v) is 7.13. The third kappa shape index (κ3) is 2.81. The van der Waals surface area contributed by atoms with E-state index in [0.29, 0.717) is 5.75 Å². The van der Waals surface area contributed by atoms with Gasteiger partial charge in [-0.25, -0.2) is 0 Å². The van der Waals surface area contributed by atoms with Crippen molar-refractivity contribution in [2.75, 3.05) is 0 Å². The predicted octanol–water partition coefficient (Wildman–Crippen LogP) is 4.75. The van der Waals surface area contributed by atoms with E-state index in [1.807, 2.05) is 12.1 Å². The minimum atomic E-state index is 0.351. The van der Waals surface area contributed by atoms with Crippen molar-refractivity contribution in [3.05, 3.63) is 53.1 Å². The van der Waals surface area contributed by atoms with Crippen molar-refractivity contribution in [2.45, 2.75) is 40.0 Å². The number of hydrogen-bond donors (Lipinski definition) is 1. The van der Waals surface area contributed by atoms with Gasteiger partial charge < -0.3 is 5.11 Å². The predicted molar refractivity (Wildman–Crippen MR) is 81.7 cm³/mol. The van der Waals surface area contributed by atoms with Gasteiger partial charge in [-0.15, -0.1) is 0 Å². The van der Waals surface area contributed by atoms with Crippen LogP contribution >= 0.6 is 0 Å². The van der Waals surface area contributed by atoms with Crippen LogP contribution in [-0.2, 0) is 19.3 Å². The zero-order valence-corrected chi connectivity index (χ0v) is 12.0. The normalized spacial score (nSPS) is 10.7. The van der Waals surface area contributed by atoms with Gasteiger partial charge in [0.05, 0.1) is 0 Å². The molecule has 0 spiro atoms. The summed E-state index contributed by atoms with van der Waals surface area (Å²) in [7, 11) is 0. The Hall–Kier alpha value is -1.76.